The Bertz CT molecular complexity index is 292. The first-order valence-electron chi connectivity index (χ1n) is 3.89. The van der Waals surface area contributed by atoms with Crippen LogP contribution in [0, 0.1) is 0 Å². The van der Waals surface area contributed by atoms with Gasteiger partial charge in [0.15, 0.2) is 6.29 Å². The zero-order valence-corrected chi connectivity index (χ0v) is 8.76. The van der Waals surface area contributed by atoms with Crippen LogP contribution in [0.15, 0.2) is 22.7 Å². The van der Waals surface area contributed by atoms with Gasteiger partial charge in [0.25, 0.3) is 0 Å². The summed E-state index contributed by atoms with van der Waals surface area (Å²) >= 11 is 3.31. The van der Waals surface area contributed by atoms with Gasteiger partial charge in [-0.05, 0) is 23.6 Å². The van der Waals surface area contributed by atoms with Gasteiger partial charge in [-0.3, -0.25) is 4.79 Å². The zero-order valence-electron chi connectivity index (χ0n) is 7.17. The number of aldehydes is 1. The Kier molecular flexibility index (Phi) is 3.04. The Balaban J connectivity index is 3.13. The van der Waals surface area contributed by atoms with Crippen molar-refractivity contribution in [2.24, 2.45) is 0 Å². The second-order valence-electron chi connectivity index (χ2n) is 3.05. The van der Waals surface area contributed by atoms with Gasteiger partial charge in [0.1, 0.15) is 0 Å². The van der Waals surface area contributed by atoms with Crippen molar-refractivity contribution in [2.75, 3.05) is 0 Å². The molecule has 0 saturated carbocycles. The third kappa shape index (κ3) is 1.95. The lowest BCUT2D eigenvalue weighted by Crippen LogP contribution is -1.90. The van der Waals surface area contributed by atoms with Gasteiger partial charge in [-0.2, -0.15) is 0 Å². The molecule has 1 rings (SSSR count). The van der Waals surface area contributed by atoms with Crippen LogP contribution in [0.25, 0.3) is 0 Å². The van der Waals surface area contributed by atoms with Crippen LogP contribution in [0.5, 0.6) is 0 Å². The lowest BCUT2D eigenvalue weighted by molar-refractivity contribution is 0.112. The molecule has 1 aromatic carbocycles. The molecule has 0 N–H and O–H groups in total. The summed E-state index contributed by atoms with van der Waals surface area (Å²) in [7, 11) is 0. The summed E-state index contributed by atoms with van der Waals surface area (Å²) in [5, 5.41) is 0. The Labute approximate surface area is 80.9 Å². The summed E-state index contributed by atoms with van der Waals surface area (Å²) < 4.78 is 0.863. The lowest BCUT2D eigenvalue weighted by Gasteiger charge is -2.06. The molecule has 0 aliphatic carbocycles. The maximum atomic E-state index is 10.6. The summed E-state index contributed by atoms with van der Waals surface area (Å²) in [6, 6.07) is 5.86. The molecule has 2 heteroatoms. The number of carbonyl (C=O) groups excluding carboxylic acids is 1. The van der Waals surface area contributed by atoms with Crippen LogP contribution < -0.4 is 0 Å². The van der Waals surface area contributed by atoms with Gasteiger partial charge < -0.3 is 0 Å². The first-order valence-corrected chi connectivity index (χ1v) is 4.69. The van der Waals surface area contributed by atoms with Crippen molar-refractivity contribution in [3.63, 3.8) is 0 Å². The van der Waals surface area contributed by atoms with Crippen molar-refractivity contribution in [3.8, 4) is 0 Å². The number of hydrogen-bond acceptors (Lipinski definition) is 1. The van der Waals surface area contributed by atoms with E-state index in [0.717, 1.165) is 16.3 Å². The van der Waals surface area contributed by atoms with Crippen LogP contribution in [0.4, 0.5) is 0 Å². The highest BCUT2D eigenvalue weighted by atomic mass is 79.9. The minimum atomic E-state index is 0.469. The van der Waals surface area contributed by atoms with E-state index < -0.39 is 0 Å². The third-order valence-corrected chi connectivity index (χ3v) is 2.54. The largest absolute Gasteiger partial charge is 0.298 e. The Morgan fingerprint density at radius 1 is 1.42 bits per heavy atom. The highest BCUT2D eigenvalue weighted by molar-refractivity contribution is 9.10. The first kappa shape index (κ1) is 9.46. The molecule has 1 nitrogen and oxygen atoms in total. The van der Waals surface area contributed by atoms with Gasteiger partial charge in [0.2, 0.25) is 0 Å². The van der Waals surface area contributed by atoms with Crippen LogP contribution in [0.3, 0.4) is 0 Å². The van der Waals surface area contributed by atoms with Gasteiger partial charge in [0.05, 0.1) is 0 Å². The molecule has 0 atom stereocenters. The predicted molar refractivity (Wildman–Crippen MR) is 53.6 cm³/mol. The summed E-state index contributed by atoms with van der Waals surface area (Å²) in [5.74, 6) is 0.469. The maximum absolute atomic E-state index is 10.6. The van der Waals surface area contributed by atoms with E-state index in [1.807, 2.05) is 18.2 Å². The molecular formula is C10H11BrO. The quantitative estimate of drug-likeness (QED) is 0.707. The fourth-order valence-electron chi connectivity index (χ4n) is 1.01. The van der Waals surface area contributed by atoms with Gasteiger partial charge in [0, 0.05) is 10.0 Å². The summed E-state index contributed by atoms with van der Waals surface area (Å²) in [6.45, 7) is 4.22. The highest BCUT2D eigenvalue weighted by Crippen LogP contribution is 2.21. The molecule has 64 valence electrons. The molecular weight excluding hydrogens is 216 g/mol. The first-order chi connectivity index (χ1) is 5.65. The van der Waals surface area contributed by atoms with Crippen molar-refractivity contribution in [2.45, 2.75) is 19.8 Å². The second kappa shape index (κ2) is 3.85. The van der Waals surface area contributed by atoms with E-state index in [9.17, 15) is 4.79 Å². The monoisotopic (exact) mass is 226 g/mol. The van der Waals surface area contributed by atoms with Gasteiger partial charge in [-0.25, -0.2) is 0 Å². The maximum Gasteiger partial charge on any atom is 0.151 e. The van der Waals surface area contributed by atoms with Crippen molar-refractivity contribution in [1.29, 1.82) is 0 Å². The molecule has 0 spiro atoms. The van der Waals surface area contributed by atoms with E-state index in [4.69, 9.17) is 0 Å². The number of hydrogen-bond donors (Lipinski definition) is 0. The standard InChI is InChI=1S/C10H11BrO/c1-7(2)8-3-4-10(11)9(5-8)6-12/h3-7H,1-2H3. The summed E-state index contributed by atoms with van der Waals surface area (Å²) in [5.41, 5.74) is 1.92. The van der Waals surface area contributed by atoms with Crippen LogP contribution in [-0.2, 0) is 0 Å². The molecule has 0 aromatic heterocycles. The SMILES string of the molecule is CC(C)c1ccc(Br)c(C=O)c1. The molecule has 0 aliphatic rings. The molecule has 0 heterocycles. The summed E-state index contributed by atoms with van der Waals surface area (Å²) in [4.78, 5) is 10.6. The molecule has 0 bridgehead atoms. The minimum absolute atomic E-state index is 0.469. The molecule has 0 unspecified atom stereocenters. The topological polar surface area (TPSA) is 17.1 Å². The minimum Gasteiger partial charge on any atom is -0.298 e. The predicted octanol–water partition coefficient (Wildman–Crippen LogP) is 3.39. The van der Waals surface area contributed by atoms with Crippen LogP contribution >= 0.6 is 15.9 Å². The fourth-order valence-corrected chi connectivity index (χ4v) is 1.35. The number of rotatable bonds is 2. The lowest BCUT2D eigenvalue weighted by atomic mass is 10.0. The van der Waals surface area contributed by atoms with E-state index in [-0.39, 0.29) is 0 Å². The average molecular weight is 227 g/mol. The Morgan fingerprint density at radius 3 is 2.58 bits per heavy atom. The molecule has 0 amide bonds. The van der Waals surface area contributed by atoms with Crippen molar-refractivity contribution < 1.29 is 4.79 Å². The van der Waals surface area contributed by atoms with Crippen molar-refractivity contribution in [3.05, 3.63) is 33.8 Å². The molecule has 1 aromatic rings. The Hall–Kier alpha value is -0.630. The van der Waals surface area contributed by atoms with E-state index in [1.165, 1.54) is 5.56 Å². The highest BCUT2D eigenvalue weighted by Gasteiger charge is 2.02. The van der Waals surface area contributed by atoms with E-state index in [0.29, 0.717) is 5.92 Å². The van der Waals surface area contributed by atoms with Crippen LogP contribution in [0.1, 0.15) is 35.7 Å². The van der Waals surface area contributed by atoms with E-state index in [1.54, 1.807) is 0 Å². The van der Waals surface area contributed by atoms with Crippen LogP contribution in [-0.4, -0.2) is 6.29 Å². The molecule has 0 saturated heterocycles. The second-order valence-corrected chi connectivity index (χ2v) is 3.91. The van der Waals surface area contributed by atoms with Gasteiger partial charge >= 0.3 is 0 Å². The molecule has 0 aliphatic heterocycles. The van der Waals surface area contributed by atoms with Crippen molar-refractivity contribution in [1.82, 2.24) is 0 Å². The summed E-state index contributed by atoms with van der Waals surface area (Å²) in [6.07, 6.45) is 0.871. The van der Waals surface area contributed by atoms with Crippen LogP contribution in [0.2, 0.25) is 0 Å². The van der Waals surface area contributed by atoms with Crippen molar-refractivity contribution >= 4 is 22.2 Å². The molecule has 0 fully saturated rings. The zero-order chi connectivity index (χ0) is 9.14. The average Bonchev–Trinajstić information content (AvgIpc) is 2.05. The number of halogens is 1. The van der Waals surface area contributed by atoms with Gasteiger partial charge in [-0.1, -0.05) is 35.8 Å². The van der Waals surface area contributed by atoms with E-state index in [2.05, 4.69) is 29.8 Å². The Morgan fingerprint density at radius 2 is 2.08 bits per heavy atom. The molecule has 0 radical (unpaired) electrons. The number of benzene rings is 1. The molecule has 12 heavy (non-hydrogen) atoms. The van der Waals surface area contributed by atoms with E-state index >= 15 is 0 Å². The third-order valence-electron chi connectivity index (χ3n) is 1.81. The fraction of sp³-hybridized carbons (Fsp3) is 0.300. The normalized spacial score (nSPS) is 10.3. The number of carbonyl (C=O) groups is 1. The van der Waals surface area contributed by atoms with Gasteiger partial charge in [-0.15, -0.1) is 0 Å². The smallest absolute Gasteiger partial charge is 0.151 e.